The van der Waals surface area contributed by atoms with Crippen LogP contribution in [0.15, 0.2) is 0 Å². The molecule has 0 aromatic heterocycles. The molecule has 0 aromatic rings. The first-order valence-electron chi connectivity index (χ1n) is 5.86. The molecule has 1 heterocycles. The Morgan fingerprint density at radius 3 is 2.38 bits per heavy atom. The van der Waals surface area contributed by atoms with Gasteiger partial charge in [0.2, 0.25) is 0 Å². The molecule has 76 valence electrons. The summed E-state index contributed by atoms with van der Waals surface area (Å²) in [5.74, 6) is 0.798. The molecule has 2 heteroatoms. The molecule has 0 unspecified atom stereocenters. The van der Waals surface area contributed by atoms with Crippen LogP contribution in [0.4, 0.5) is 0 Å². The van der Waals surface area contributed by atoms with Gasteiger partial charge in [-0.2, -0.15) is 0 Å². The number of hydrogen-bond donors (Lipinski definition) is 1. The summed E-state index contributed by atoms with van der Waals surface area (Å²) in [6.07, 6.45) is 8.44. The molecule has 1 saturated carbocycles. The van der Waals surface area contributed by atoms with Gasteiger partial charge in [0.25, 0.3) is 0 Å². The summed E-state index contributed by atoms with van der Waals surface area (Å²) in [6.45, 7) is 3.57. The third-order valence-corrected chi connectivity index (χ3v) is 3.78. The second kappa shape index (κ2) is 4.43. The Morgan fingerprint density at radius 1 is 1.00 bits per heavy atom. The summed E-state index contributed by atoms with van der Waals surface area (Å²) in [4.78, 5) is 2.69. The molecule has 2 aliphatic rings. The lowest BCUT2D eigenvalue weighted by molar-refractivity contribution is 0.132. The Bertz CT molecular complexity index is 150. The van der Waals surface area contributed by atoms with E-state index in [2.05, 4.69) is 4.90 Å². The van der Waals surface area contributed by atoms with Gasteiger partial charge >= 0.3 is 0 Å². The lowest BCUT2D eigenvalue weighted by atomic mass is 9.84. The molecule has 0 radical (unpaired) electrons. The predicted molar refractivity (Wildman–Crippen MR) is 55.6 cm³/mol. The van der Waals surface area contributed by atoms with E-state index in [1.807, 2.05) is 0 Å². The van der Waals surface area contributed by atoms with Crippen molar-refractivity contribution in [2.45, 2.75) is 44.6 Å². The van der Waals surface area contributed by atoms with Crippen LogP contribution in [0.5, 0.6) is 0 Å². The molecule has 2 fully saturated rings. The van der Waals surface area contributed by atoms with Crippen molar-refractivity contribution in [3.05, 3.63) is 0 Å². The van der Waals surface area contributed by atoms with Crippen LogP contribution in [0, 0.1) is 5.92 Å². The van der Waals surface area contributed by atoms with Gasteiger partial charge < -0.3 is 10.6 Å². The van der Waals surface area contributed by atoms with Crippen LogP contribution in [-0.2, 0) is 0 Å². The SMILES string of the molecule is NC[C@@H]1CCCC[C@H]1N1CCCC1. The van der Waals surface area contributed by atoms with Gasteiger partial charge in [-0.25, -0.2) is 0 Å². The lowest BCUT2D eigenvalue weighted by Gasteiger charge is -2.37. The predicted octanol–water partition coefficient (Wildman–Crippen LogP) is 1.60. The maximum atomic E-state index is 5.83. The zero-order valence-electron chi connectivity index (χ0n) is 8.54. The van der Waals surface area contributed by atoms with Gasteiger partial charge in [-0.15, -0.1) is 0 Å². The number of nitrogens with two attached hydrogens (primary N) is 1. The summed E-state index contributed by atoms with van der Waals surface area (Å²) < 4.78 is 0. The Hall–Kier alpha value is -0.0800. The summed E-state index contributed by atoms with van der Waals surface area (Å²) in [7, 11) is 0. The summed E-state index contributed by atoms with van der Waals surface area (Å²) >= 11 is 0. The normalized spacial score (nSPS) is 36.7. The number of rotatable bonds is 2. The highest BCUT2D eigenvalue weighted by molar-refractivity contribution is 4.85. The van der Waals surface area contributed by atoms with Crippen molar-refractivity contribution in [2.24, 2.45) is 11.7 Å². The van der Waals surface area contributed by atoms with E-state index in [4.69, 9.17) is 5.73 Å². The zero-order chi connectivity index (χ0) is 9.10. The van der Waals surface area contributed by atoms with Crippen molar-refractivity contribution in [1.29, 1.82) is 0 Å². The van der Waals surface area contributed by atoms with E-state index in [9.17, 15) is 0 Å². The third kappa shape index (κ3) is 2.05. The highest BCUT2D eigenvalue weighted by Crippen LogP contribution is 2.29. The average molecular weight is 182 g/mol. The standard InChI is InChI=1S/C11H22N2/c12-9-10-5-1-2-6-11(10)13-7-3-4-8-13/h10-11H,1-9,12H2/t10-,11+/m0/s1. The van der Waals surface area contributed by atoms with E-state index in [-0.39, 0.29) is 0 Å². The molecular weight excluding hydrogens is 160 g/mol. The first-order valence-corrected chi connectivity index (χ1v) is 5.86. The molecule has 1 aliphatic heterocycles. The van der Waals surface area contributed by atoms with E-state index in [0.29, 0.717) is 0 Å². The van der Waals surface area contributed by atoms with Gasteiger partial charge in [0.05, 0.1) is 0 Å². The molecule has 2 atom stereocenters. The molecule has 2 rings (SSSR count). The Morgan fingerprint density at radius 2 is 1.69 bits per heavy atom. The van der Waals surface area contributed by atoms with E-state index >= 15 is 0 Å². The smallest absolute Gasteiger partial charge is 0.0135 e. The molecule has 0 spiro atoms. The molecule has 1 aliphatic carbocycles. The van der Waals surface area contributed by atoms with Crippen molar-refractivity contribution in [2.75, 3.05) is 19.6 Å². The maximum absolute atomic E-state index is 5.83. The minimum atomic E-state index is 0.798. The Balaban J connectivity index is 1.93. The van der Waals surface area contributed by atoms with E-state index in [0.717, 1.165) is 18.5 Å². The van der Waals surface area contributed by atoms with Gasteiger partial charge in [-0.05, 0) is 51.2 Å². The maximum Gasteiger partial charge on any atom is 0.0135 e. The fourth-order valence-electron chi connectivity index (χ4n) is 3.02. The topological polar surface area (TPSA) is 29.3 Å². The van der Waals surface area contributed by atoms with Crippen LogP contribution in [0.1, 0.15) is 38.5 Å². The van der Waals surface area contributed by atoms with Gasteiger partial charge in [-0.1, -0.05) is 12.8 Å². The first-order chi connectivity index (χ1) is 6.42. The molecular formula is C11H22N2. The van der Waals surface area contributed by atoms with Crippen molar-refractivity contribution in [1.82, 2.24) is 4.90 Å². The minimum absolute atomic E-state index is 0.798. The van der Waals surface area contributed by atoms with Crippen LogP contribution >= 0.6 is 0 Å². The van der Waals surface area contributed by atoms with Gasteiger partial charge in [0.1, 0.15) is 0 Å². The molecule has 2 N–H and O–H groups in total. The first kappa shape index (κ1) is 9.47. The highest BCUT2D eigenvalue weighted by atomic mass is 15.2. The van der Waals surface area contributed by atoms with E-state index in [1.54, 1.807) is 0 Å². The molecule has 0 bridgehead atoms. The molecule has 0 amide bonds. The van der Waals surface area contributed by atoms with Crippen molar-refractivity contribution in [3.63, 3.8) is 0 Å². The van der Waals surface area contributed by atoms with E-state index in [1.165, 1.54) is 51.6 Å². The van der Waals surface area contributed by atoms with Gasteiger partial charge in [0, 0.05) is 6.04 Å². The molecule has 1 saturated heterocycles. The average Bonchev–Trinajstić information content (AvgIpc) is 2.70. The Labute approximate surface area is 81.5 Å². The van der Waals surface area contributed by atoms with Crippen LogP contribution in [0.2, 0.25) is 0 Å². The highest BCUT2D eigenvalue weighted by Gasteiger charge is 2.30. The van der Waals surface area contributed by atoms with E-state index < -0.39 is 0 Å². The molecule has 2 nitrogen and oxygen atoms in total. The number of nitrogens with zero attached hydrogens (tertiary/aromatic N) is 1. The number of likely N-dealkylation sites (tertiary alicyclic amines) is 1. The molecule has 13 heavy (non-hydrogen) atoms. The van der Waals surface area contributed by atoms with Crippen LogP contribution < -0.4 is 5.73 Å². The van der Waals surface area contributed by atoms with Crippen molar-refractivity contribution < 1.29 is 0 Å². The van der Waals surface area contributed by atoms with Crippen LogP contribution in [0.3, 0.4) is 0 Å². The van der Waals surface area contributed by atoms with Crippen LogP contribution in [-0.4, -0.2) is 30.6 Å². The Kier molecular flexibility index (Phi) is 3.23. The summed E-state index contributed by atoms with van der Waals surface area (Å²) in [5, 5.41) is 0. The monoisotopic (exact) mass is 182 g/mol. The fourth-order valence-corrected chi connectivity index (χ4v) is 3.02. The van der Waals surface area contributed by atoms with Crippen LogP contribution in [0.25, 0.3) is 0 Å². The van der Waals surface area contributed by atoms with Gasteiger partial charge in [0.15, 0.2) is 0 Å². The quantitative estimate of drug-likeness (QED) is 0.703. The third-order valence-electron chi connectivity index (χ3n) is 3.78. The fraction of sp³-hybridized carbons (Fsp3) is 1.00. The van der Waals surface area contributed by atoms with Gasteiger partial charge in [-0.3, -0.25) is 0 Å². The largest absolute Gasteiger partial charge is 0.330 e. The lowest BCUT2D eigenvalue weighted by Crippen LogP contribution is -2.43. The number of hydrogen-bond acceptors (Lipinski definition) is 2. The molecule has 0 aromatic carbocycles. The second-order valence-corrected chi connectivity index (χ2v) is 4.59. The minimum Gasteiger partial charge on any atom is -0.330 e. The van der Waals surface area contributed by atoms with Crippen molar-refractivity contribution >= 4 is 0 Å². The second-order valence-electron chi connectivity index (χ2n) is 4.59. The zero-order valence-corrected chi connectivity index (χ0v) is 8.54. The van der Waals surface area contributed by atoms with Crippen molar-refractivity contribution in [3.8, 4) is 0 Å². The summed E-state index contributed by atoms with van der Waals surface area (Å²) in [5.41, 5.74) is 5.83. The summed E-state index contributed by atoms with van der Waals surface area (Å²) in [6, 6.07) is 0.834.